The molecule has 1 aromatic carbocycles. The molecule has 7 heteroatoms. The standard InChI is InChI=1S/C8H6N6O/c9-8(15)5-2-1-4-3-10-12-14-7(4)6(5)11-13-14/h1-2H,3H2,(H2,9,15). The molecule has 0 fully saturated rings. The lowest BCUT2D eigenvalue weighted by Crippen LogP contribution is -2.12. The number of hydrogen-bond acceptors (Lipinski definition) is 5. The van der Waals surface area contributed by atoms with Crippen molar-refractivity contribution >= 4 is 16.9 Å². The number of hydrogen-bond donors (Lipinski definition) is 1. The fourth-order valence-corrected chi connectivity index (χ4v) is 1.63. The molecule has 0 atom stereocenters. The average Bonchev–Trinajstić information content (AvgIpc) is 2.65. The second-order valence-electron chi connectivity index (χ2n) is 3.20. The number of amides is 1. The number of benzene rings is 1. The molecule has 0 spiro atoms. The summed E-state index contributed by atoms with van der Waals surface area (Å²) >= 11 is 0. The van der Waals surface area contributed by atoms with Crippen LogP contribution >= 0.6 is 0 Å². The number of carbonyl (C=O) groups is 1. The van der Waals surface area contributed by atoms with Gasteiger partial charge in [0.05, 0.1) is 12.1 Å². The van der Waals surface area contributed by atoms with Crippen molar-refractivity contribution in [1.29, 1.82) is 0 Å². The van der Waals surface area contributed by atoms with Crippen LogP contribution in [0, 0.1) is 0 Å². The summed E-state index contributed by atoms with van der Waals surface area (Å²) in [5.74, 6) is -0.517. The minimum atomic E-state index is -0.517. The van der Waals surface area contributed by atoms with Gasteiger partial charge in [-0.3, -0.25) is 4.79 Å². The highest BCUT2D eigenvalue weighted by Crippen LogP contribution is 2.23. The summed E-state index contributed by atoms with van der Waals surface area (Å²) in [6, 6.07) is 3.43. The SMILES string of the molecule is NC(=O)c1ccc2c3c1nnn3N=NC2. The van der Waals surface area contributed by atoms with Crippen LogP contribution < -0.4 is 5.73 Å². The van der Waals surface area contributed by atoms with E-state index < -0.39 is 5.91 Å². The predicted molar refractivity (Wildman–Crippen MR) is 50.0 cm³/mol. The zero-order valence-corrected chi connectivity index (χ0v) is 7.58. The van der Waals surface area contributed by atoms with E-state index in [1.165, 1.54) is 4.79 Å². The molecule has 1 aliphatic rings. The smallest absolute Gasteiger partial charge is 0.251 e. The molecule has 0 bridgehead atoms. The van der Waals surface area contributed by atoms with Crippen molar-refractivity contribution in [2.75, 3.05) is 0 Å². The summed E-state index contributed by atoms with van der Waals surface area (Å²) in [5.41, 5.74) is 7.72. The van der Waals surface area contributed by atoms with Gasteiger partial charge < -0.3 is 5.73 Å². The number of nitrogens with zero attached hydrogens (tertiary/aromatic N) is 5. The van der Waals surface area contributed by atoms with E-state index in [4.69, 9.17) is 5.73 Å². The Hall–Kier alpha value is -2.31. The van der Waals surface area contributed by atoms with E-state index in [1.54, 1.807) is 12.1 Å². The summed E-state index contributed by atoms with van der Waals surface area (Å²) in [6.45, 7) is 0.475. The predicted octanol–water partition coefficient (Wildman–Crippen LogP) is 0.259. The summed E-state index contributed by atoms with van der Waals surface area (Å²) in [7, 11) is 0. The number of rotatable bonds is 1. The lowest BCUT2D eigenvalue weighted by Gasteiger charge is -2.05. The summed E-state index contributed by atoms with van der Waals surface area (Å²) < 4.78 is 0. The van der Waals surface area contributed by atoms with Crippen LogP contribution in [0.4, 0.5) is 0 Å². The molecule has 3 rings (SSSR count). The van der Waals surface area contributed by atoms with Crippen molar-refractivity contribution in [3.63, 3.8) is 0 Å². The lowest BCUT2D eigenvalue weighted by molar-refractivity contribution is 0.100. The molecule has 0 aliphatic carbocycles. The molecule has 0 saturated heterocycles. The van der Waals surface area contributed by atoms with E-state index in [0.29, 0.717) is 23.1 Å². The molecule has 0 radical (unpaired) electrons. The fourth-order valence-electron chi connectivity index (χ4n) is 1.63. The van der Waals surface area contributed by atoms with E-state index in [9.17, 15) is 4.79 Å². The first kappa shape index (κ1) is 8.04. The second kappa shape index (κ2) is 2.59. The van der Waals surface area contributed by atoms with Crippen LogP contribution in [-0.2, 0) is 6.54 Å². The van der Waals surface area contributed by atoms with E-state index in [1.807, 2.05) is 0 Å². The number of primary amides is 1. The van der Waals surface area contributed by atoms with Gasteiger partial charge in [0.25, 0.3) is 5.91 Å². The Labute approximate surface area is 83.6 Å². The minimum absolute atomic E-state index is 0.358. The van der Waals surface area contributed by atoms with Gasteiger partial charge in [0, 0.05) is 5.56 Å². The van der Waals surface area contributed by atoms with E-state index in [2.05, 4.69) is 20.6 Å². The van der Waals surface area contributed by atoms with Gasteiger partial charge in [0.15, 0.2) is 0 Å². The van der Waals surface area contributed by atoms with Crippen LogP contribution in [0.2, 0.25) is 0 Å². The molecule has 1 amide bonds. The van der Waals surface area contributed by atoms with Crippen LogP contribution in [0.1, 0.15) is 15.9 Å². The topological polar surface area (TPSA) is 98.5 Å². The third kappa shape index (κ3) is 0.967. The molecule has 74 valence electrons. The number of aromatic nitrogens is 3. The van der Waals surface area contributed by atoms with E-state index >= 15 is 0 Å². The normalized spacial score (nSPS) is 13.3. The average molecular weight is 202 g/mol. The molecule has 1 aromatic heterocycles. The van der Waals surface area contributed by atoms with Gasteiger partial charge in [0.1, 0.15) is 11.0 Å². The number of carbonyl (C=O) groups excluding carboxylic acids is 1. The van der Waals surface area contributed by atoms with Crippen LogP contribution in [0.15, 0.2) is 22.5 Å². The van der Waals surface area contributed by atoms with E-state index in [0.717, 1.165) is 5.56 Å². The molecule has 1 aliphatic heterocycles. The molecular weight excluding hydrogens is 196 g/mol. The largest absolute Gasteiger partial charge is 0.366 e. The summed E-state index contributed by atoms with van der Waals surface area (Å²) in [6.07, 6.45) is 0. The second-order valence-corrected chi connectivity index (χ2v) is 3.20. The third-order valence-electron chi connectivity index (χ3n) is 2.32. The first-order chi connectivity index (χ1) is 7.27. The van der Waals surface area contributed by atoms with Crippen molar-refractivity contribution in [1.82, 2.24) is 15.1 Å². The van der Waals surface area contributed by atoms with Gasteiger partial charge in [-0.25, -0.2) is 0 Å². The Balaban J connectivity index is 2.46. The molecule has 7 nitrogen and oxygen atoms in total. The Kier molecular flexibility index (Phi) is 1.39. The zero-order chi connectivity index (χ0) is 10.4. The van der Waals surface area contributed by atoms with Crippen LogP contribution in [0.3, 0.4) is 0 Å². The van der Waals surface area contributed by atoms with Gasteiger partial charge in [-0.05, 0) is 16.5 Å². The maximum absolute atomic E-state index is 11.1. The third-order valence-corrected chi connectivity index (χ3v) is 2.32. The Morgan fingerprint density at radius 2 is 2.33 bits per heavy atom. The Morgan fingerprint density at radius 1 is 1.47 bits per heavy atom. The number of nitrogens with two attached hydrogens (primary N) is 1. The van der Waals surface area contributed by atoms with Gasteiger partial charge in [-0.2, -0.15) is 5.11 Å². The van der Waals surface area contributed by atoms with Crippen molar-refractivity contribution < 1.29 is 4.79 Å². The highest BCUT2D eigenvalue weighted by atomic mass is 16.1. The zero-order valence-electron chi connectivity index (χ0n) is 7.58. The molecule has 2 N–H and O–H groups in total. The summed E-state index contributed by atoms with van der Waals surface area (Å²) in [4.78, 5) is 12.4. The van der Waals surface area contributed by atoms with Gasteiger partial charge in [-0.1, -0.05) is 6.07 Å². The monoisotopic (exact) mass is 202 g/mol. The van der Waals surface area contributed by atoms with E-state index in [-0.39, 0.29) is 0 Å². The summed E-state index contributed by atoms with van der Waals surface area (Å²) in [5, 5.41) is 15.3. The fraction of sp³-hybridized carbons (Fsp3) is 0.125. The first-order valence-electron chi connectivity index (χ1n) is 4.32. The Bertz CT molecular complexity index is 598. The molecule has 0 unspecified atom stereocenters. The minimum Gasteiger partial charge on any atom is -0.366 e. The van der Waals surface area contributed by atoms with Gasteiger partial charge >= 0.3 is 0 Å². The molecule has 2 heterocycles. The van der Waals surface area contributed by atoms with Crippen molar-refractivity contribution in [2.24, 2.45) is 16.1 Å². The molecular formula is C8H6N6O. The lowest BCUT2D eigenvalue weighted by atomic mass is 10.1. The highest BCUT2D eigenvalue weighted by Gasteiger charge is 2.18. The van der Waals surface area contributed by atoms with Crippen molar-refractivity contribution in [2.45, 2.75) is 6.54 Å². The quantitative estimate of drug-likeness (QED) is 0.717. The van der Waals surface area contributed by atoms with Crippen molar-refractivity contribution in [3.05, 3.63) is 23.3 Å². The highest BCUT2D eigenvalue weighted by molar-refractivity contribution is 6.04. The maximum atomic E-state index is 11.1. The van der Waals surface area contributed by atoms with Gasteiger partial charge in [0.2, 0.25) is 0 Å². The van der Waals surface area contributed by atoms with Gasteiger partial charge in [-0.15, -0.1) is 9.89 Å². The maximum Gasteiger partial charge on any atom is 0.251 e. The van der Waals surface area contributed by atoms with Crippen LogP contribution in [0.25, 0.3) is 11.0 Å². The van der Waals surface area contributed by atoms with Crippen LogP contribution in [-0.4, -0.2) is 21.0 Å². The van der Waals surface area contributed by atoms with Crippen molar-refractivity contribution in [3.8, 4) is 0 Å². The molecule has 0 saturated carbocycles. The van der Waals surface area contributed by atoms with Crippen LogP contribution in [0.5, 0.6) is 0 Å². The first-order valence-corrected chi connectivity index (χ1v) is 4.32. The molecule has 2 aromatic rings. The molecule has 15 heavy (non-hydrogen) atoms. The Morgan fingerprint density at radius 3 is 3.13 bits per heavy atom.